The molecule has 0 aliphatic rings. The van der Waals surface area contributed by atoms with Crippen LogP contribution in [0.2, 0.25) is 0 Å². The first kappa shape index (κ1) is 20.2. The molecule has 2 amide bonds. The van der Waals surface area contributed by atoms with Gasteiger partial charge in [0.25, 0.3) is 0 Å². The van der Waals surface area contributed by atoms with Gasteiger partial charge in [-0.3, -0.25) is 9.59 Å². The lowest BCUT2D eigenvalue weighted by atomic mass is 9.84. The molecule has 1 atom stereocenters. The van der Waals surface area contributed by atoms with Crippen LogP contribution in [0.5, 0.6) is 0 Å². The second-order valence-electron chi connectivity index (χ2n) is 6.70. The lowest BCUT2D eigenvalue weighted by molar-refractivity contribution is -0.127. The second kappa shape index (κ2) is 9.10. The molecule has 3 N–H and O–H groups in total. The lowest BCUT2D eigenvalue weighted by Crippen LogP contribution is -2.49. The smallest absolute Gasteiger partial charge is 0.240 e. The van der Waals surface area contributed by atoms with Crippen LogP contribution in [0.4, 0.5) is 8.78 Å². The summed E-state index contributed by atoms with van der Waals surface area (Å²) in [5, 5.41) is 2.64. The largest absolute Gasteiger partial charge is 0.368 e. The van der Waals surface area contributed by atoms with E-state index in [1.807, 2.05) is 60.7 Å². The molecule has 148 valence electrons. The summed E-state index contributed by atoms with van der Waals surface area (Å²) in [7, 11) is 0. The van der Waals surface area contributed by atoms with Crippen LogP contribution >= 0.6 is 0 Å². The Balaban J connectivity index is 1.89. The highest BCUT2D eigenvalue weighted by Gasteiger charge is 2.30. The topological polar surface area (TPSA) is 72.2 Å². The third-order valence-corrected chi connectivity index (χ3v) is 4.56. The molecule has 0 aromatic heterocycles. The summed E-state index contributed by atoms with van der Waals surface area (Å²) >= 11 is 0. The first-order valence-electron chi connectivity index (χ1n) is 9.07. The molecule has 0 heterocycles. The Kier molecular flexibility index (Phi) is 6.34. The number of amides is 2. The molecular weight excluding hydrogens is 374 g/mol. The number of hydrogen-bond donors (Lipinski definition) is 2. The van der Waals surface area contributed by atoms with Crippen molar-refractivity contribution in [2.45, 2.75) is 18.4 Å². The van der Waals surface area contributed by atoms with Gasteiger partial charge in [0.05, 0.1) is 6.42 Å². The molecule has 0 saturated heterocycles. The zero-order valence-electron chi connectivity index (χ0n) is 15.5. The first-order chi connectivity index (χ1) is 13.9. The maximum Gasteiger partial charge on any atom is 0.240 e. The van der Waals surface area contributed by atoms with E-state index < -0.39 is 35.4 Å². The van der Waals surface area contributed by atoms with Crippen molar-refractivity contribution >= 4 is 11.8 Å². The summed E-state index contributed by atoms with van der Waals surface area (Å²) in [5.74, 6) is -3.32. The van der Waals surface area contributed by atoms with E-state index in [0.29, 0.717) is 0 Å². The van der Waals surface area contributed by atoms with E-state index >= 15 is 0 Å². The Labute approximate surface area is 167 Å². The van der Waals surface area contributed by atoms with Gasteiger partial charge in [-0.1, -0.05) is 60.7 Å². The SMILES string of the molecule is NC(=O)[C@H](NC(=O)Cc1cc(F)cc(F)c1)C(c1ccccc1)c1ccccc1. The van der Waals surface area contributed by atoms with Crippen LogP contribution in [0.3, 0.4) is 0 Å². The quantitative estimate of drug-likeness (QED) is 0.645. The summed E-state index contributed by atoms with van der Waals surface area (Å²) in [6, 6.07) is 20.3. The van der Waals surface area contributed by atoms with Gasteiger partial charge in [0.15, 0.2) is 0 Å². The number of carbonyl (C=O) groups excluding carboxylic acids is 2. The third-order valence-electron chi connectivity index (χ3n) is 4.56. The molecule has 0 spiro atoms. The van der Waals surface area contributed by atoms with Gasteiger partial charge >= 0.3 is 0 Å². The Morgan fingerprint density at radius 1 is 0.828 bits per heavy atom. The zero-order chi connectivity index (χ0) is 20.8. The van der Waals surface area contributed by atoms with E-state index in [1.165, 1.54) is 0 Å². The molecular formula is C23H20F2N2O2. The van der Waals surface area contributed by atoms with Gasteiger partial charge in [-0.05, 0) is 28.8 Å². The predicted octanol–water partition coefficient (Wildman–Crippen LogP) is 3.31. The van der Waals surface area contributed by atoms with Crippen LogP contribution in [0.25, 0.3) is 0 Å². The minimum atomic E-state index is -1.04. The Bertz CT molecular complexity index is 935. The van der Waals surface area contributed by atoms with Crippen molar-refractivity contribution in [1.29, 1.82) is 0 Å². The second-order valence-corrected chi connectivity index (χ2v) is 6.70. The van der Waals surface area contributed by atoms with Crippen molar-refractivity contribution in [3.8, 4) is 0 Å². The van der Waals surface area contributed by atoms with Gasteiger partial charge < -0.3 is 11.1 Å². The Morgan fingerprint density at radius 3 is 1.76 bits per heavy atom. The highest BCUT2D eigenvalue weighted by Crippen LogP contribution is 2.28. The van der Waals surface area contributed by atoms with Crippen molar-refractivity contribution in [1.82, 2.24) is 5.32 Å². The maximum absolute atomic E-state index is 13.4. The molecule has 0 saturated carbocycles. The number of halogens is 2. The Morgan fingerprint density at radius 2 is 1.31 bits per heavy atom. The van der Waals surface area contributed by atoms with Crippen LogP contribution in [0, 0.1) is 11.6 Å². The van der Waals surface area contributed by atoms with Gasteiger partial charge in [-0.25, -0.2) is 8.78 Å². The van der Waals surface area contributed by atoms with Crippen LogP contribution in [-0.4, -0.2) is 17.9 Å². The van der Waals surface area contributed by atoms with Crippen LogP contribution in [0.15, 0.2) is 78.9 Å². The number of hydrogen-bond acceptors (Lipinski definition) is 2. The molecule has 0 aliphatic carbocycles. The highest BCUT2D eigenvalue weighted by molar-refractivity contribution is 5.88. The zero-order valence-corrected chi connectivity index (χ0v) is 15.5. The van der Waals surface area contributed by atoms with E-state index in [0.717, 1.165) is 29.3 Å². The van der Waals surface area contributed by atoms with Gasteiger partial charge in [0.2, 0.25) is 11.8 Å². The van der Waals surface area contributed by atoms with Gasteiger partial charge in [0.1, 0.15) is 17.7 Å². The minimum Gasteiger partial charge on any atom is -0.368 e. The molecule has 6 heteroatoms. The number of nitrogens with two attached hydrogens (primary N) is 1. The number of carbonyl (C=O) groups is 2. The van der Waals surface area contributed by atoms with E-state index in [1.54, 1.807) is 0 Å². The summed E-state index contributed by atoms with van der Waals surface area (Å²) in [4.78, 5) is 24.8. The number of benzene rings is 3. The molecule has 0 aliphatic heterocycles. The van der Waals surface area contributed by atoms with Crippen LogP contribution < -0.4 is 11.1 Å². The summed E-state index contributed by atoms with van der Waals surface area (Å²) in [6.45, 7) is 0. The summed E-state index contributed by atoms with van der Waals surface area (Å²) < 4.78 is 26.8. The van der Waals surface area contributed by atoms with Crippen molar-refractivity contribution in [3.05, 3.63) is 107 Å². The van der Waals surface area contributed by atoms with Gasteiger partial charge in [-0.15, -0.1) is 0 Å². The van der Waals surface area contributed by atoms with E-state index in [-0.39, 0.29) is 12.0 Å². The third kappa shape index (κ3) is 5.25. The molecule has 3 aromatic rings. The fourth-order valence-corrected chi connectivity index (χ4v) is 3.34. The fourth-order valence-electron chi connectivity index (χ4n) is 3.34. The van der Waals surface area contributed by atoms with Crippen molar-refractivity contribution < 1.29 is 18.4 Å². The summed E-state index contributed by atoms with van der Waals surface area (Å²) in [6.07, 6.45) is -0.283. The average molecular weight is 394 g/mol. The van der Waals surface area contributed by atoms with E-state index in [4.69, 9.17) is 5.73 Å². The molecule has 4 nitrogen and oxygen atoms in total. The maximum atomic E-state index is 13.4. The van der Waals surface area contributed by atoms with Crippen molar-refractivity contribution in [3.63, 3.8) is 0 Å². The van der Waals surface area contributed by atoms with Gasteiger partial charge in [0, 0.05) is 12.0 Å². The van der Waals surface area contributed by atoms with Crippen LogP contribution in [0.1, 0.15) is 22.6 Å². The van der Waals surface area contributed by atoms with E-state index in [9.17, 15) is 18.4 Å². The minimum absolute atomic E-state index is 0.166. The van der Waals surface area contributed by atoms with Crippen molar-refractivity contribution in [2.75, 3.05) is 0 Å². The molecule has 29 heavy (non-hydrogen) atoms. The Hall–Kier alpha value is -3.54. The van der Waals surface area contributed by atoms with Gasteiger partial charge in [-0.2, -0.15) is 0 Å². The molecule has 3 aromatic carbocycles. The van der Waals surface area contributed by atoms with Crippen molar-refractivity contribution in [2.24, 2.45) is 5.73 Å². The van der Waals surface area contributed by atoms with Crippen LogP contribution in [-0.2, 0) is 16.0 Å². The average Bonchev–Trinajstić information content (AvgIpc) is 2.68. The monoisotopic (exact) mass is 394 g/mol. The number of primary amides is 1. The number of rotatable bonds is 7. The first-order valence-corrected chi connectivity index (χ1v) is 9.07. The number of nitrogens with one attached hydrogen (secondary N) is 1. The summed E-state index contributed by atoms with van der Waals surface area (Å²) in [5.41, 5.74) is 7.40. The fraction of sp³-hybridized carbons (Fsp3) is 0.130. The standard InChI is InChI=1S/C23H20F2N2O2/c24-18-11-15(12-19(25)14-18)13-20(28)27-22(23(26)29)21(16-7-3-1-4-8-16)17-9-5-2-6-10-17/h1-12,14,21-22H,13H2,(H2,26,29)(H,27,28)/t22-/m1/s1. The predicted molar refractivity (Wildman–Crippen MR) is 106 cm³/mol. The molecule has 0 fully saturated rings. The molecule has 0 unspecified atom stereocenters. The molecule has 0 bridgehead atoms. The lowest BCUT2D eigenvalue weighted by Gasteiger charge is -2.27. The normalized spacial score (nSPS) is 11.8. The van der Waals surface area contributed by atoms with E-state index in [2.05, 4.69) is 5.32 Å². The molecule has 0 radical (unpaired) electrons. The highest BCUT2D eigenvalue weighted by atomic mass is 19.1. The molecule has 3 rings (SSSR count).